The van der Waals surface area contributed by atoms with Crippen LogP contribution >= 0.6 is 0 Å². The Balaban J connectivity index is 0. The fraction of sp³-hybridized carbons (Fsp3) is 1.00. The van der Waals surface area contributed by atoms with E-state index in [1.807, 2.05) is 13.8 Å². The summed E-state index contributed by atoms with van der Waals surface area (Å²) in [6.45, 7) is 5.56. The largest absolute Gasteiger partial charge is 0.389 e. The number of alkyl halides is 3. The monoisotopic (exact) mass is 171 g/mol. The average Bonchev–Trinajstić information content (AvgIpc) is 1.87. The van der Waals surface area contributed by atoms with E-state index >= 15 is 0 Å². The van der Waals surface area contributed by atoms with Crippen LogP contribution in [0.4, 0.5) is 13.2 Å². The number of halogens is 3. The third-order valence-corrected chi connectivity index (χ3v) is 0.883. The number of hydrogen-bond acceptors (Lipinski definition) is 1. The highest BCUT2D eigenvalue weighted by atomic mass is 19.4. The first kappa shape index (κ1) is 13.3. The molecule has 0 saturated carbocycles. The van der Waals surface area contributed by atoms with Gasteiger partial charge >= 0.3 is 6.18 Å². The maximum Gasteiger partial charge on any atom is 0.389 e. The first-order valence-corrected chi connectivity index (χ1v) is 3.74. The third kappa shape index (κ3) is 17.7. The van der Waals surface area contributed by atoms with Crippen molar-refractivity contribution in [3.8, 4) is 0 Å². The summed E-state index contributed by atoms with van der Waals surface area (Å²) in [4.78, 5) is 0. The molecule has 0 spiro atoms. The van der Waals surface area contributed by atoms with Gasteiger partial charge in [-0.05, 0) is 13.3 Å². The molecular weight excluding hydrogens is 155 g/mol. The van der Waals surface area contributed by atoms with Crippen LogP contribution in [-0.2, 0) is 0 Å². The van der Waals surface area contributed by atoms with E-state index in [9.17, 15) is 13.2 Å². The first-order chi connectivity index (χ1) is 4.92. The van der Waals surface area contributed by atoms with Crippen LogP contribution < -0.4 is 5.73 Å². The van der Waals surface area contributed by atoms with E-state index in [4.69, 9.17) is 5.73 Å². The van der Waals surface area contributed by atoms with E-state index in [1.165, 1.54) is 0 Å². The molecule has 0 amide bonds. The van der Waals surface area contributed by atoms with E-state index in [2.05, 4.69) is 0 Å². The average molecular weight is 171 g/mol. The predicted molar refractivity (Wildman–Crippen MR) is 40.3 cm³/mol. The van der Waals surface area contributed by atoms with Crippen molar-refractivity contribution in [1.29, 1.82) is 0 Å². The normalized spacial score (nSPS) is 13.4. The zero-order valence-electron chi connectivity index (χ0n) is 7.20. The Labute approximate surface area is 65.8 Å². The van der Waals surface area contributed by atoms with Crippen LogP contribution in [0, 0.1) is 0 Å². The molecular formula is C7H16F3N. The van der Waals surface area contributed by atoms with Gasteiger partial charge in [0.25, 0.3) is 0 Å². The van der Waals surface area contributed by atoms with Gasteiger partial charge in [0, 0.05) is 12.5 Å². The van der Waals surface area contributed by atoms with E-state index < -0.39 is 12.6 Å². The molecule has 1 unspecified atom stereocenters. The van der Waals surface area contributed by atoms with Crippen molar-refractivity contribution in [2.24, 2.45) is 5.73 Å². The lowest BCUT2D eigenvalue weighted by Crippen LogP contribution is -2.18. The van der Waals surface area contributed by atoms with Gasteiger partial charge in [0.1, 0.15) is 0 Å². The van der Waals surface area contributed by atoms with Gasteiger partial charge < -0.3 is 5.73 Å². The Morgan fingerprint density at radius 1 is 1.27 bits per heavy atom. The highest BCUT2D eigenvalue weighted by Gasteiger charge is 2.26. The summed E-state index contributed by atoms with van der Waals surface area (Å²) in [5.74, 6) is 0. The second kappa shape index (κ2) is 6.46. The molecule has 1 nitrogen and oxygen atoms in total. The maximum atomic E-state index is 11.4. The summed E-state index contributed by atoms with van der Waals surface area (Å²) < 4.78 is 34.1. The Kier molecular flexibility index (Phi) is 7.84. The van der Waals surface area contributed by atoms with Gasteiger partial charge in [0.2, 0.25) is 0 Å². The molecule has 0 rings (SSSR count). The van der Waals surface area contributed by atoms with E-state index in [-0.39, 0.29) is 12.5 Å². The second-order valence-corrected chi connectivity index (χ2v) is 2.13. The lowest BCUT2D eigenvalue weighted by atomic mass is 10.2. The van der Waals surface area contributed by atoms with Gasteiger partial charge in [-0.1, -0.05) is 13.8 Å². The molecule has 0 aromatic carbocycles. The molecule has 1 atom stereocenters. The Hall–Kier alpha value is -0.250. The van der Waals surface area contributed by atoms with Crippen molar-refractivity contribution in [1.82, 2.24) is 0 Å². The fourth-order valence-electron chi connectivity index (χ4n) is 0.391. The van der Waals surface area contributed by atoms with Crippen molar-refractivity contribution in [3.05, 3.63) is 0 Å². The van der Waals surface area contributed by atoms with E-state index in [0.717, 1.165) is 0 Å². The molecule has 0 aromatic rings. The molecule has 0 bridgehead atoms. The lowest BCUT2D eigenvalue weighted by Gasteiger charge is -2.07. The van der Waals surface area contributed by atoms with Crippen molar-refractivity contribution in [3.63, 3.8) is 0 Å². The molecule has 0 aliphatic carbocycles. The molecule has 0 aliphatic rings. The standard InChI is InChI=1S/C5H10F3N.C2H6/c1-4(9)2-3-5(6,7)8;1-2/h4H,2-3,9H2,1H3;1-2H3. The number of rotatable bonds is 2. The smallest absolute Gasteiger partial charge is 0.328 e. The van der Waals surface area contributed by atoms with Gasteiger partial charge in [0.05, 0.1) is 0 Å². The molecule has 0 fully saturated rings. The molecule has 11 heavy (non-hydrogen) atoms. The molecule has 2 N–H and O–H groups in total. The zero-order valence-corrected chi connectivity index (χ0v) is 7.20. The molecule has 0 aliphatic heterocycles. The second-order valence-electron chi connectivity index (χ2n) is 2.13. The number of hydrogen-bond donors (Lipinski definition) is 1. The van der Waals surface area contributed by atoms with Crippen LogP contribution in [0.2, 0.25) is 0 Å². The van der Waals surface area contributed by atoms with Crippen LogP contribution in [0.15, 0.2) is 0 Å². The third-order valence-electron chi connectivity index (χ3n) is 0.883. The maximum absolute atomic E-state index is 11.4. The minimum absolute atomic E-state index is 0.0174. The SMILES string of the molecule is CC.CC(N)CCC(F)(F)F. The van der Waals surface area contributed by atoms with Gasteiger partial charge in [-0.15, -0.1) is 0 Å². The molecule has 70 valence electrons. The lowest BCUT2D eigenvalue weighted by molar-refractivity contribution is -0.136. The van der Waals surface area contributed by atoms with Gasteiger partial charge in [-0.25, -0.2) is 0 Å². The predicted octanol–water partition coefficient (Wildman–Crippen LogP) is 2.70. The van der Waals surface area contributed by atoms with Crippen LogP contribution in [0.25, 0.3) is 0 Å². The summed E-state index contributed by atoms with van der Waals surface area (Å²) in [6, 6.07) is -0.355. The summed E-state index contributed by atoms with van der Waals surface area (Å²) in [5.41, 5.74) is 5.10. The summed E-state index contributed by atoms with van der Waals surface area (Å²) in [7, 11) is 0. The molecule has 0 aromatic heterocycles. The summed E-state index contributed by atoms with van der Waals surface area (Å²) >= 11 is 0. The van der Waals surface area contributed by atoms with E-state index in [1.54, 1.807) is 6.92 Å². The Morgan fingerprint density at radius 2 is 1.64 bits per heavy atom. The van der Waals surface area contributed by atoms with Gasteiger partial charge in [-0.3, -0.25) is 0 Å². The Bertz CT molecular complexity index is 78.2. The summed E-state index contributed by atoms with van der Waals surface area (Å²) in [6.07, 6.45) is -4.80. The minimum atomic E-state index is -4.05. The quantitative estimate of drug-likeness (QED) is 0.679. The zero-order chi connectivity index (χ0) is 9.49. The molecule has 0 radical (unpaired) electrons. The van der Waals surface area contributed by atoms with Gasteiger partial charge in [-0.2, -0.15) is 13.2 Å². The van der Waals surface area contributed by atoms with Crippen molar-refractivity contribution in [2.75, 3.05) is 0 Å². The number of nitrogens with two attached hydrogens (primary N) is 1. The van der Waals surface area contributed by atoms with Crippen molar-refractivity contribution in [2.45, 2.75) is 45.8 Å². The van der Waals surface area contributed by atoms with Crippen LogP contribution in [0.5, 0.6) is 0 Å². The summed E-state index contributed by atoms with van der Waals surface area (Å²) in [5, 5.41) is 0. The van der Waals surface area contributed by atoms with Crippen LogP contribution in [-0.4, -0.2) is 12.2 Å². The highest BCUT2D eigenvalue weighted by molar-refractivity contribution is 4.57. The van der Waals surface area contributed by atoms with Crippen molar-refractivity contribution >= 4 is 0 Å². The minimum Gasteiger partial charge on any atom is -0.328 e. The van der Waals surface area contributed by atoms with Gasteiger partial charge in [0.15, 0.2) is 0 Å². The van der Waals surface area contributed by atoms with Crippen LogP contribution in [0.1, 0.15) is 33.6 Å². The molecule has 4 heteroatoms. The fourth-order valence-corrected chi connectivity index (χ4v) is 0.391. The Morgan fingerprint density at radius 3 is 1.73 bits per heavy atom. The highest BCUT2D eigenvalue weighted by Crippen LogP contribution is 2.21. The first-order valence-electron chi connectivity index (χ1n) is 3.74. The molecule has 0 saturated heterocycles. The van der Waals surface area contributed by atoms with E-state index in [0.29, 0.717) is 0 Å². The van der Waals surface area contributed by atoms with Crippen molar-refractivity contribution < 1.29 is 13.2 Å². The topological polar surface area (TPSA) is 26.0 Å². The van der Waals surface area contributed by atoms with Crippen LogP contribution in [0.3, 0.4) is 0 Å². The molecule has 0 heterocycles.